The lowest BCUT2D eigenvalue weighted by Gasteiger charge is -2.25. The number of rotatable bonds is 8. The minimum absolute atomic E-state index is 0.207. The van der Waals surface area contributed by atoms with E-state index in [9.17, 15) is 9.59 Å². The zero-order valence-electron chi connectivity index (χ0n) is 17.5. The Morgan fingerprint density at radius 2 is 1.87 bits per heavy atom. The van der Waals surface area contributed by atoms with Gasteiger partial charge < -0.3 is 14.2 Å². The van der Waals surface area contributed by atoms with Gasteiger partial charge >= 0.3 is 5.97 Å². The summed E-state index contributed by atoms with van der Waals surface area (Å²) in [5.41, 5.74) is 1.40. The quantitative estimate of drug-likeness (QED) is 0.326. The summed E-state index contributed by atoms with van der Waals surface area (Å²) in [7, 11) is 1.57. The minimum atomic E-state index is -0.936. The number of carbonyl (C=O) groups excluding carboxylic acids is 2. The summed E-state index contributed by atoms with van der Waals surface area (Å²) in [4.78, 5) is 27.7. The van der Waals surface area contributed by atoms with Gasteiger partial charge in [-0.2, -0.15) is 0 Å². The van der Waals surface area contributed by atoms with Crippen LogP contribution < -0.4 is 9.47 Å². The van der Waals surface area contributed by atoms with Gasteiger partial charge in [-0.15, -0.1) is 0 Å². The second-order valence-electron chi connectivity index (χ2n) is 6.46. The molecule has 0 saturated carbocycles. The van der Waals surface area contributed by atoms with E-state index in [1.54, 1.807) is 44.4 Å². The van der Waals surface area contributed by atoms with Crippen molar-refractivity contribution in [3.63, 3.8) is 0 Å². The van der Waals surface area contributed by atoms with Crippen molar-refractivity contribution in [1.82, 2.24) is 4.90 Å². The molecule has 1 atom stereocenters. The van der Waals surface area contributed by atoms with E-state index in [-0.39, 0.29) is 12.5 Å². The fourth-order valence-electron chi connectivity index (χ4n) is 3.15. The molecule has 0 bridgehead atoms. The minimum Gasteiger partial charge on any atom is -0.493 e. The van der Waals surface area contributed by atoms with E-state index < -0.39 is 12.0 Å². The van der Waals surface area contributed by atoms with Crippen LogP contribution in [0.2, 0.25) is 0 Å². The van der Waals surface area contributed by atoms with Crippen molar-refractivity contribution in [2.45, 2.75) is 19.9 Å². The number of benzene rings is 2. The Hall–Kier alpha value is -2.84. The van der Waals surface area contributed by atoms with Crippen molar-refractivity contribution in [1.29, 1.82) is 0 Å². The number of hydrogen-bond donors (Lipinski definition) is 0. The summed E-state index contributed by atoms with van der Waals surface area (Å²) in [5.74, 6) is 0.334. The van der Waals surface area contributed by atoms with E-state index in [0.29, 0.717) is 32.9 Å². The van der Waals surface area contributed by atoms with Gasteiger partial charge in [-0.3, -0.25) is 9.69 Å². The van der Waals surface area contributed by atoms with Crippen molar-refractivity contribution >= 4 is 46.3 Å². The van der Waals surface area contributed by atoms with Gasteiger partial charge in [-0.25, -0.2) is 4.79 Å². The van der Waals surface area contributed by atoms with E-state index in [4.69, 9.17) is 26.4 Å². The Morgan fingerprint density at radius 3 is 2.52 bits per heavy atom. The van der Waals surface area contributed by atoms with Gasteiger partial charge in [-0.1, -0.05) is 60.4 Å². The number of carbonyl (C=O) groups is 2. The molecule has 2 aromatic rings. The number of thiocarbonyl (C=S) groups is 1. The molecule has 1 saturated heterocycles. The molecule has 0 N–H and O–H groups in total. The Bertz CT molecular complexity index is 1010. The molecule has 0 spiro atoms. The van der Waals surface area contributed by atoms with Gasteiger partial charge in [0.15, 0.2) is 17.5 Å². The second-order valence-corrected chi connectivity index (χ2v) is 8.14. The third-order valence-corrected chi connectivity index (χ3v) is 5.82. The van der Waals surface area contributed by atoms with Crippen molar-refractivity contribution in [2.24, 2.45) is 0 Å². The third kappa shape index (κ3) is 5.08. The Balaban J connectivity index is 1.95. The molecule has 6 nitrogen and oxygen atoms in total. The number of esters is 1. The zero-order valence-corrected chi connectivity index (χ0v) is 19.1. The molecular formula is C23H23NO5S2. The van der Waals surface area contributed by atoms with Gasteiger partial charge in [0.2, 0.25) is 0 Å². The first kappa shape index (κ1) is 22.8. The number of hydrogen-bond acceptors (Lipinski definition) is 7. The molecule has 1 unspecified atom stereocenters. The van der Waals surface area contributed by atoms with Gasteiger partial charge in [0.1, 0.15) is 4.32 Å². The third-order valence-electron chi connectivity index (χ3n) is 4.49. The van der Waals surface area contributed by atoms with E-state index in [1.807, 2.05) is 31.2 Å². The van der Waals surface area contributed by atoms with Crippen molar-refractivity contribution in [2.75, 3.05) is 20.3 Å². The maximum Gasteiger partial charge on any atom is 0.333 e. The summed E-state index contributed by atoms with van der Waals surface area (Å²) in [6, 6.07) is 13.5. The van der Waals surface area contributed by atoms with Crippen LogP contribution in [0.1, 0.15) is 31.0 Å². The molecule has 1 aliphatic rings. The smallest absolute Gasteiger partial charge is 0.333 e. The number of ether oxygens (including phenoxy) is 3. The standard InChI is InChI=1S/C23H23NO5S2/c1-4-28-18-13-15(11-12-17(18)27-3)14-19-21(25)24(23(30)31-19)20(22(26)29-5-2)16-9-7-6-8-10-16/h6-14,20H,4-5H2,1-3H3/b19-14-. The van der Waals surface area contributed by atoms with Crippen molar-refractivity contribution in [3.05, 3.63) is 64.6 Å². The lowest BCUT2D eigenvalue weighted by molar-refractivity contribution is -0.151. The van der Waals surface area contributed by atoms with Gasteiger partial charge in [0, 0.05) is 0 Å². The van der Waals surface area contributed by atoms with Crippen molar-refractivity contribution in [3.8, 4) is 11.5 Å². The van der Waals surface area contributed by atoms with Crippen LogP contribution in [0.4, 0.5) is 0 Å². The van der Waals surface area contributed by atoms with Gasteiger partial charge in [-0.05, 0) is 43.2 Å². The van der Waals surface area contributed by atoms with Gasteiger partial charge in [0.05, 0.1) is 25.2 Å². The average Bonchev–Trinajstić information content (AvgIpc) is 3.03. The molecule has 2 aromatic carbocycles. The van der Waals surface area contributed by atoms with Crippen LogP contribution in [-0.2, 0) is 14.3 Å². The molecule has 0 aliphatic carbocycles. The van der Waals surface area contributed by atoms with Crippen LogP contribution in [0.3, 0.4) is 0 Å². The predicted molar refractivity (Wildman–Crippen MR) is 125 cm³/mol. The fraction of sp³-hybridized carbons (Fsp3) is 0.261. The van der Waals surface area contributed by atoms with Crippen LogP contribution in [0.25, 0.3) is 6.08 Å². The monoisotopic (exact) mass is 457 g/mol. The van der Waals surface area contributed by atoms with Gasteiger partial charge in [0.25, 0.3) is 5.91 Å². The van der Waals surface area contributed by atoms with Crippen LogP contribution in [0.15, 0.2) is 53.4 Å². The second kappa shape index (κ2) is 10.5. The Labute approximate surface area is 191 Å². The van der Waals surface area contributed by atoms with Crippen LogP contribution in [-0.4, -0.2) is 41.4 Å². The van der Waals surface area contributed by atoms with E-state index in [1.165, 1.54) is 4.90 Å². The van der Waals surface area contributed by atoms with Crippen LogP contribution in [0, 0.1) is 0 Å². The molecule has 162 valence electrons. The SMILES string of the molecule is CCOC(=O)C(c1ccccc1)N1C(=O)/C(=C/c2ccc(OC)c(OCC)c2)SC1=S. The van der Waals surface area contributed by atoms with E-state index in [2.05, 4.69) is 0 Å². The lowest BCUT2D eigenvalue weighted by Crippen LogP contribution is -2.38. The average molecular weight is 458 g/mol. The Morgan fingerprint density at radius 1 is 1.13 bits per heavy atom. The molecular weight excluding hydrogens is 434 g/mol. The summed E-state index contributed by atoms with van der Waals surface area (Å²) in [6.45, 7) is 4.30. The lowest BCUT2D eigenvalue weighted by atomic mass is 10.1. The van der Waals surface area contributed by atoms with Crippen molar-refractivity contribution < 1.29 is 23.8 Å². The molecule has 3 rings (SSSR count). The van der Waals surface area contributed by atoms with Crippen LogP contribution in [0.5, 0.6) is 11.5 Å². The molecule has 0 aromatic heterocycles. The maximum absolute atomic E-state index is 13.3. The molecule has 31 heavy (non-hydrogen) atoms. The highest BCUT2D eigenvalue weighted by molar-refractivity contribution is 8.26. The summed E-state index contributed by atoms with van der Waals surface area (Å²) >= 11 is 6.63. The largest absolute Gasteiger partial charge is 0.493 e. The van der Waals surface area contributed by atoms with Crippen LogP contribution >= 0.6 is 24.0 Å². The number of methoxy groups -OCH3 is 1. The topological polar surface area (TPSA) is 65.1 Å². The Kier molecular flexibility index (Phi) is 7.70. The highest BCUT2D eigenvalue weighted by Crippen LogP contribution is 2.39. The first-order valence-electron chi connectivity index (χ1n) is 9.79. The molecule has 1 amide bonds. The zero-order chi connectivity index (χ0) is 22.4. The van der Waals surface area contributed by atoms with E-state index in [0.717, 1.165) is 17.3 Å². The van der Waals surface area contributed by atoms with E-state index >= 15 is 0 Å². The summed E-state index contributed by atoms with van der Waals surface area (Å²) in [6.07, 6.45) is 1.73. The molecule has 1 aliphatic heterocycles. The molecule has 0 radical (unpaired) electrons. The maximum atomic E-state index is 13.3. The number of thioether (sulfide) groups is 1. The molecule has 1 heterocycles. The molecule has 8 heteroatoms. The highest BCUT2D eigenvalue weighted by atomic mass is 32.2. The summed E-state index contributed by atoms with van der Waals surface area (Å²) in [5, 5.41) is 0. The predicted octanol–water partition coefficient (Wildman–Crippen LogP) is 4.60. The summed E-state index contributed by atoms with van der Waals surface area (Å²) < 4.78 is 16.5. The fourth-order valence-corrected chi connectivity index (χ4v) is 4.47. The number of amides is 1. The number of nitrogens with zero attached hydrogens (tertiary/aromatic N) is 1. The first-order valence-corrected chi connectivity index (χ1v) is 11.0. The normalized spacial score (nSPS) is 15.8. The first-order chi connectivity index (χ1) is 15.0. The highest BCUT2D eigenvalue weighted by Gasteiger charge is 2.42. The molecule has 1 fully saturated rings.